The summed E-state index contributed by atoms with van der Waals surface area (Å²) in [7, 11) is 0. The lowest BCUT2D eigenvalue weighted by atomic mass is 9.93. The minimum atomic E-state index is -0.578. The summed E-state index contributed by atoms with van der Waals surface area (Å²) >= 11 is 0. The molecule has 0 saturated carbocycles. The molecule has 0 fully saturated rings. The summed E-state index contributed by atoms with van der Waals surface area (Å²) in [4.78, 5) is 23.0. The van der Waals surface area contributed by atoms with Crippen LogP contribution in [0.4, 0.5) is 0 Å². The highest BCUT2D eigenvalue weighted by atomic mass is 16.6. The third-order valence-electron chi connectivity index (χ3n) is 4.05. The smallest absolute Gasteiger partial charge is 0.338 e. The fourth-order valence-electron chi connectivity index (χ4n) is 2.60. The Labute approximate surface area is 130 Å². The van der Waals surface area contributed by atoms with E-state index >= 15 is 0 Å². The minimum absolute atomic E-state index is 0.0573. The van der Waals surface area contributed by atoms with Crippen molar-refractivity contribution >= 4 is 11.9 Å². The second-order valence-corrected chi connectivity index (χ2v) is 5.82. The summed E-state index contributed by atoms with van der Waals surface area (Å²) in [6.07, 6.45) is 4.78. The zero-order valence-corrected chi connectivity index (χ0v) is 13.2. The van der Waals surface area contributed by atoms with Crippen LogP contribution in [0.3, 0.4) is 0 Å². The summed E-state index contributed by atoms with van der Waals surface area (Å²) in [5.74, 6) is -0.872. The predicted octanol–water partition coefficient (Wildman–Crippen LogP) is 2.21. The summed E-state index contributed by atoms with van der Waals surface area (Å²) < 4.78 is 10.4. The maximum atomic E-state index is 12.0. The summed E-state index contributed by atoms with van der Waals surface area (Å²) in [6, 6.07) is 0. The van der Waals surface area contributed by atoms with Crippen LogP contribution in [-0.4, -0.2) is 35.9 Å². The molecular formula is C17H22O5. The number of rotatable bonds is 2. The Bertz CT molecular complexity index is 568. The van der Waals surface area contributed by atoms with Crippen molar-refractivity contribution in [3.05, 3.63) is 34.4 Å². The van der Waals surface area contributed by atoms with Crippen LogP contribution in [0.25, 0.3) is 0 Å². The van der Waals surface area contributed by atoms with Crippen LogP contribution in [0, 0.1) is 0 Å². The van der Waals surface area contributed by atoms with Crippen LogP contribution < -0.4 is 0 Å². The van der Waals surface area contributed by atoms with E-state index in [1.54, 1.807) is 6.08 Å². The molecule has 0 saturated heterocycles. The quantitative estimate of drug-likeness (QED) is 0.625. The molecule has 0 aromatic heterocycles. The van der Waals surface area contributed by atoms with Gasteiger partial charge < -0.3 is 14.6 Å². The van der Waals surface area contributed by atoms with Gasteiger partial charge in [0, 0.05) is 6.92 Å². The van der Waals surface area contributed by atoms with Gasteiger partial charge in [0.25, 0.3) is 0 Å². The molecule has 1 N–H and O–H groups in total. The largest absolute Gasteiger partial charge is 0.461 e. The molecule has 0 radical (unpaired) electrons. The molecule has 1 aliphatic heterocycles. The summed E-state index contributed by atoms with van der Waals surface area (Å²) in [6.45, 7) is 5.08. The van der Waals surface area contributed by atoms with E-state index < -0.39 is 24.1 Å². The zero-order valence-electron chi connectivity index (χ0n) is 13.2. The number of carbonyl (C=O) groups excluding carboxylic acids is 2. The number of ether oxygens (including phenoxy) is 2. The molecule has 0 unspecified atom stereocenters. The van der Waals surface area contributed by atoms with E-state index in [9.17, 15) is 14.7 Å². The van der Waals surface area contributed by atoms with Gasteiger partial charge in [-0.1, -0.05) is 11.6 Å². The van der Waals surface area contributed by atoms with E-state index in [1.165, 1.54) is 6.92 Å². The lowest BCUT2D eigenvalue weighted by molar-refractivity contribution is -0.142. The van der Waals surface area contributed by atoms with Crippen LogP contribution in [0.1, 0.15) is 40.0 Å². The van der Waals surface area contributed by atoms with Gasteiger partial charge in [-0.2, -0.15) is 0 Å². The molecule has 1 aliphatic carbocycles. The van der Waals surface area contributed by atoms with Gasteiger partial charge in [0.15, 0.2) is 0 Å². The van der Waals surface area contributed by atoms with Crippen LogP contribution in [0.2, 0.25) is 0 Å². The molecule has 2 rings (SSSR count). The number of aliphatic hydroxyl groups excluding tert-OH is 1. The van der Waals surface area contributed by atoms with Gasteiger partial charge in [-0.25, -0.2) is 4.79 Å². The normalized spacial score (nSPS) is 30.6. The number of hydrogen-bond donors (Lipinski definition) is 1. The first kappa shape index (κ1) is 16.5. The Morgan fingerprint density at radius 3 is 2.82 bits per heavy atom. The molecule has 0 amide bonds. The van der Waals surface area contributed by atoms with E-state index in [-0.39, 0.29) is 6.61 Å². The van der Waals surface area contributed by atoms with Gasteiger partial charge in [-0.15, -0.1) is 0 Å². The standard InChI is InChI=1S/C17H22O5/c1-10-4-6-13-14(9-21-12(3)18)17(20)22-16(13)8-11(2)15(19)7-5-10/h5,8,15-16,19H,4,6-7,9H2,1-3H3/b10-5-,11-8-/t15-,16+/m0/s1. The van der Waals surface area contributed by atoms with Gasteiger partial charge in [0.2, 0.25) is 0 Å². The SMILES string of the molecule is CC(=O)OCC1=C2CC/C(C)=C\C[C@H](O)/C(C)=C\[C@H]2OC1=O. The van der Waals surface area contributed by atoms with E-state index in [0.717, 1.165) is 23.1 Å². The van der Waals surface area contributed by atoms with Crippen molar-refractivity contribution in [2.45, 2.75) is 52.2 Å². The van der Waals surface area contributed by atoms with Crippen LogP contribution in [0.5, 0.6) is 0 Å². The highest BCUT2D eigenvalue weighted by Crippen LogP contribution is 2.31. The van der Waals surface area contributed by atoms with Crippen LogP contribution >= 0.6 is 0 Å². The van der Waals surface area contributed by atoms with E-state index in [4.69, 9.17) is 9.47 Å². The predicted molar refractivity (Wildman–Crippen MR) is 80.9 cm³/mol. The second-order valence-electron chi connectivity index (χ2n) is 5.82. The Morgan fingerprint density at radius 2 is 2.14 bits per heavy atom. The minimum Gasteiger partial charge on any atom is -0.461 e. The molecule has 2 atom stereocenters. The number of hydrogen-bond acceptors (Lipinski definition) is 5. The van der Waals surface area contributed by atoms with Crippen LogP contribution in [0.15, 0.2) is 34.4 Å². The number of allylic oxidation sites excluding steroid dienone is 1. The molecule has 2 aliphatic rings. The highest BCUT2D eigenvalue weighted by molar-refractivity contribution is 5.93. The molecule has 0 aromatic carbocycles. The van der Waals surface area contributed by atoms with E-state index in [2.05, 4.69) is 0 Å². The molecule has 22 heavy (non-hydrogen) atoms. The Hall–Kier alpha value is -1.88. The number of esters is 2. The molecule has 1 heterocycles. The Morgan fingerprint density at radius 1 is 1.41 bits per heavy atom. The van der Waals surface area contributed by atoms with Crippen LogP contribution in [-0.2, 0) is 19.1 Å². The molecule has 5 nitrogen and oxygen atoms in total. The molecule has 0 spiro atoms. The number of fused-ring (bicyclic) bond motifs is 1. The summed E-state index contributed by atoms with van der Waals surface area (Å²) in [5, 5.41) is 10.1. The van der Waals surface area contributed by atoms with Crippen molar-refractivity contribution in [1.82, 2.24) is 0 Å². The van der Waals surface area contributed by atoms with Crippen molar-refractivity contribution in [3.8, 4) is 0 Å². The monoisotopic (exact) mass is 306 g/mol. The average molecular weight is 306 g/mol. The van der Waals surface area contributed by atoms with Gasteiger partial charge in [-0.3, -0.25) is 4.79 Å². The van der Waals surface area contributed by atoms with Crippen molar-refractivity contribution < 1.29 is 24.2 Å². The summed E-state index contributed by atoms with van der Waals surface area (Å²) in [5.41, 5.74) is 3.20. The lowest BCUT2D eigenvalue weighted by Gasteiger charge is -2.17. The maximum Gasteiger partial charge on any atom is 0.338 e. The highest BCUT2D eigenvalue weighted by Gasteiger charge is 2.33. The second kappa shape index (κ2) is 6.92. The first-order chi connectivity index (χ1) is 10.4. The van der Waals surface area contributed by atoms with Crippen molar-refractivity contribution in [2.75, 3.05) is 6.61 Å². The van der Waals surface area contributed by atoms with Gasteiger partial charge in [0.1, 0.15) is 12.7 Å². The lowest BCUT2D eigenvalue weighted by Crippen LogP contribution is -2.15. The molecule has 0 aromatic rings. The van der Waals surface area contributed by atoms with Gasteiger partial charge >= 0.3 is 11.9 Å². The maximum absolute atomic E-state index is 12.0. The topological polar surface area (TPSA) is 72.8 Å². The van der Waals surface area contributed by atoms with E-state index in [1.807, 2.05) is 19.9 Å². The van der Waals surface area contributed by atoms with Gasteiger partial charge in [0.05, 0.1) is 11.7 Å². The first-order valence-corrected chi connectivity index (χ1v) is 7.46. The third kappa shape index (κ3) is 3.85. The van der Waals surface area contributed by atoms with Crippen molar-refractivity contribution in [2.24, 2.45) is 0 Å². The molecular weight excluding hydrogens is 284 g/mol. The Kier molecular flexibility index (Phi) is 5.19. The first-order valence-electron chi connectivity index (χ1n) is 7.46. The van der Waals surface area contributed by atoms with Crippen molar-refractivity contribution in [3.63, 3.8) is 0 Å². The Balaban J connectivity index is 2.34. The third-order valence-corrected chi connectivity index (χ3v) is 4.05. The molecule has 120 valence electrons. The fraction of sp³-hybridized carbons (Fsp3) is 0.529. The molecule has 0 bridgehead atoms. The number of carbonyl (C=O) groups is 2. The molecule has 5 heteroatoms. The fourth-order valence-corrected chi connectivity index (χ4v) is 2.60. The zero-order chi connectivity index (χ0) is 16.3. The van der Waals surface area contributed by atoms with E-state index in [0.29, 0.717) is 18.4 Å². The average Bonchev–Trinajstić information content (AvgIpc) is 2.74. The van der Waals surface area contributed by atoms with Crippen molar-refractivity contribution in [1.29, 1.82) is 0 Å². The number of aliphatic hydroxyl groups is 1. The van der Waals surface area contributed by atoms with Gasteiger partial charge in [-0.05, 0) is 50.3 Å².